The van der Waals surface area contributed by atoms with E-state index in [2.05, 4.69) is 50.4 Å². The van der Waals surface area contributed by atoms with E-state index in [1.165, 1.54) is 5.56 Å². The van der Waals surface area contributed by atoms with Gasteiger partial charge in [0.1, 0.15) is 5.75 Å². The maximum Gasteiger partial charge on any atom is 0.120 e. The zero-order chi connectivity index (χ0) is 14.6. The molecule has 0 aromatic heterocycles. The minimum atomic E-state index is 0.0555. The van der Waals surface area contributed by atoms with E-state index in [0.29, 0.717) is 5.75 Å². The summed E-state index contributed by atoms with van der Waals surface area (Å²) in [5, 5.41) is 13.4. The number of aromatic hydroxyl groups is 1. The molecule has 0 fully saturated rings. The molecule has 0 aliphatic heterocycles. The van der Waals surface area contributed by atoms with E-state index in [1.54, 1.807) is 6.07 Å². The average Bonchev–Trinajstić information content (AvgIpc) is 2.46. The minimum absolute atomic E-state index is 0.0555. The quantitative estimate of drug-likeness (QED) is 0.859. The van der Waals surface area contributed by atoms with Crippen molar-refractivity contribution in [1.82, 2.24) is 5.32 Å². The summed E-state index contributed by atoms with van der Waals surface area (Å²) in [5.41, 5.74) is 2.31. The number of benzene rings is 2. The van der Waals surface area contributed by atoms with Crippen molar-refractivity contribution in [1.29, 1.82) is 0 Å². The second-order valence-electron chi connectivity index (χ2n) is 5.91. The third kappa shape index (κ3) is 3.40. The molecule has 0 saturated heterocycles. The number of phenols is 1. The van der Waals surface area contributed by atoms with Crippen molar-refractivity contribution in [2.24, 2.45) is 0 Å². The van der Waals surface area contributed by atoms with E-state index in [0.717, 1.165) is 12.1 Å². The molecule has 0 aliphatic carbocycles. The summed E-state index contributed by atoms with van der Waals surface area (Å²) >= 11 is 0. The maximum absolute atomic E-state index is 9.89. The highest BCUT2D eigenvalue weighted by Crippen LogP contribution is 2.26. The molecule has 2 rings (SSSR count). The van der Waals surface area contributed by atoms with Crippen molar-refractivity contribution < 1.29 is 5.11 Å². The molecule has 0 bridgehead atoms. The van der Waals surface area contributed by atoms with Crippen LogP contribution < -0.4 is 5.32 Å². The average molecular weight is 269 g/mol. The van der Waals surface area contributed by atoms with Crippen LogP contribution in [0.2, 0.25) is 0 Å². The van der Waals surface area contributed by atoms with Gasteiger partial charge in [-0.25, -0.2) is 0 Å². The van der Waals surface area contributed by atoms with Gasteiger partial charge in [-0.2, -0.15) is 0 Å². The summed E-state index contributed by atoms with van der Waals surface area (Å²) in [6.07, 6.45) is 0. The Morgan fingerprint density at radius 1 is 1.00 bits per heavy atom. The Morgan fingerprint density at radius 3 is 2.25 bits per heavy atom. The van der Waals surface area contributed by atoms with Crippen LogP contribution in [0.15, 0.2) is 54.6 Å². The van der Waals surface area contributed by atoms with E-state index >= 15 is 0 Å². The van der Waals surface area contributed by atoms with Crippen LogP contribution in [0, 0.1) is 0 Å². The van der Waals surface area contributed by atoms with Gasteiger partial charge in [0.2, 0.25) is 0 Å². The maximum atomic E-state index is 9.89. The van der Waals surface area contributed by atoms with Crippen molar-refractivity contribution in [3.05, 3.63) is 65.7 Å². The molecule has 106 valence electrons. The molecule has 0 saturated carbocycles. The Morgan fingerprint density at radius 2 is 1.60 bits per heavy atom. The lowest BCUT2D eigenvalue weighted by Gasteiger charge is -2.28. The molecule has 1 unspecified atom stereocenters. The molecule has 0 aliphatic rings. The lowest BCUT2D eigenvalue weighted by molar-refractivity contribution is 0.417. The van der Waals surface area contributed by atoms with Gasteiger partial charge in [-0.1, -0.05) is 62.4 Å². The van der Waals surface area contributed by atoms with Crippen LogP contribution in [0.25, 0.3) is 0 Å². The summed E-state index contributed by atoms with van der Waals surface area (Å²) in [7, 11) is 0. The van der Waals surface area contributed by atoms with Crippen LogP contribution in [0.1, 0.15) is 37.9 Å². The summed E-state index contributed by atoms with van der Waals surface area (Å²) in [6, 6.07) is 18.1. The minimum Gasteiger partial charge on any atom is -0.508 e. The number of hydrogen-bond donors (Lipinski definition) is 2. The lowest BCUT2D eigenvalue weighted by atomic mass is 9.84. The van der Waals surface area contributed by atoms with Crippen molar-refractivity contribution in [2.45, 2.75) is 32.2 Å². The largest absolute Gasteiger partial charge is 0.508 e. The van der Waals surface area contributed by atoms with Gasteiger partial charge < -0.3 is 10.4 Å². The van der Waals surface area contributed by atoms with E-state index in [4.69, 9.17) is 0 Å². The van der Waals surface area contributed by atoms with Gasteiger partial charge in [0.25, 0.3) is 0 Å². The second kappa shape index (κ2) is 6.10. The zero-order valence-corrected chi connectivity index (χ0v) is 12.4. The first kappa shape index (κ1) is 14.6. The number of hydrogen-bond acceptors (Lipinski definition) is 2. The highest BCUT2D eigenvalue weighted by molar-refractivity contribution is 5.34. The van der Waals surface area contributed by atoms with E-state index < -0.39 is 0 Å². The predicted octanol–water partition coefficient (Wildman–Crippen LogP) is 4.02. The van der Waals surface area contributed by atoms with Crippen molar-refractivity contribution in [2.75, 3.05) is 6.54 Å². The molecule has 2 aromatic carbocycles. The third-order valence-corrected chi connectivity index (χ3v) is 3.81. The highest BCUT2D eigenvalue weighted by Gasteiger charge is 2.21. The molecule has 2 N–H and O–H groups in total. The van der Waals surface area contributed by atoms with Gasteiger partial charge in [-0.3, -0.25) is 0 Å². The van der Waals surface area contributed by atoms with E-state index in [-0.39, 0.29) is 11.5 Å². The van der Waals surface area contributed by atoms with Gasteiger partial charge in [0, 0.05) is 23.6 Å². The molecule has 20 heavy (non-hydrogen) atoms. The predicted molar refractivity (Wildman–Crippen MR) is 84.0 cm³/mol. The molecule has 1 atom stereocenters. The van der Waals surface area contributed by atoms with Gasteiger partial charge in [0.15, 0.2) is 0 Å². The van der Waals surface area contributed by atoms with Gasteiger partial charge in [-0.05, 0) is 18.6 Å². The molecular weight excluding hydrogens is 246 g/mol. The Bertz CT molecular complexity index is 548. The van der Waals surface area contributed by atoms with Crippen LogP contribution >= 0.6 is 0 Å². The summed E-state index contributed by atoms with van der Waals surface area (Å²) in [6.45, 7) is 7.39. The van der Waals surface area contributed by atoms with Crippen LogP contribution in [-0.4, -0.2) is 11.7 Å². The van der Waals surface area contributed by atoms with Crippen LogP contribution in [0.3, 0.4) is 0 Å². The van der Waals surface area contributed by atoms with Crippen LogP contribution in [0.5, 0.6) is 5.75 Å². The molecule has 2 heteroatoms. The molecule has 0 heterocycles. The Kier molecular flexibility index (Phi) is 4.46. The number of para-hydroxylation sites is 1. The van der Waals surface area contributed by atoms with E-state index in [9.17, 15) is 5.11 Å². The van der Waals surface area contributed by atoms with E-state index in [1.807, 2.05) is 24.3 Å². The fourth-order valence-corrected chi connectivity index (χ4v) is 2.36. The Balaban J connectivity index is 2.03. The summed E-state index contributed by atoms with van der Waals surface area (Å²) in [5.74, 6) is 0.352. The number of phenolic OH excluding ortho intramolecular Hbond substituents is 1. The molecule has 2 aromatic rings. The van der Waals surface area contributed by atoms with Crippen molar-refractivity contribution in [3.8, 4) is 5.75 Å². The smallest absolute Gasteiger partial charge is 0.120 e. The molecule has 0 spiro atoms. The highest BCUT2D eigenvalue weighted by atomic mass is 16.3. The number of nitrogens with one attached hydrogen (secondary N) is 1. The Hall–Kier alpha value is -1.80. The number of rotatable bonds is 5. The normalized spacial score (nSPS) is 13.2. The first-order valence-electron chi connectivity index (χ1n) is 7.07. The SMILES string of the molecule is CC(NCC(C)(C)c1ccccc1)c1ccccc1O. The Labute approximate surface area is 121 Å². The van der Waals surface area contributed by atoms with Gasteiger partial charge >= 0.3 is 0 Å². The third-order valence-electron chi connectivity index (χ3n) is 3.81. The fraction of sp³-hybridized carbons (Fsp3) is 0.333. The van der Waals surface area contributed by atoms with Crippen molar-refractivity contribution >= 4 is 0 Å². The molecular formula is C18H23NO. The fourth-order valence-electron chi connectivity index (χ4n) is 2.36. The molecule has 0 radical (unpaired) electrons. The first-order valence-corrected chi connectivity index (χ1v) is 7.07. The first-order chi connectivity index (χ1) is 9.50. The summed E-state index contributed by atoms with van der Waals surface area (Å²) in [4.78, 5) is 0. The summed E-state index contributed by atoms with van der Waals surface area (Å²) < 4.78 is 0. The van der Waals surface area contributed by atoms with Gasteiger partial charge in [-0.15, -0.1) is 0 Å². The monoisotopic (exact) mass is 269 g/mol. The topological polar surface area (TPSA) is 32.3 Å². The molecule has 2 nitrogen and oxygen atoms in total. The molecule has 0 amide bonds. The van der Waals surface area contributed by atoms with Crippen LogP contribution in [0.4, 0.5) is 0 Å². The van der Waals surface area contributed by atoms with Crippen molar-refractivity contribution in [3.63, 3.8) is 0 Å². The zero-order valence-electron chi connectivity index (χ0n) is 12.4. The standard InChI is InChI=1S/C18H23NO/c1-14(16-11-7-8-12-17(16)20)19-13-18(2,3)15-9-5-4-6-10-15/h4-12,14,19-20H,13H2,1-3H3. The van der Waals surface area contributed by atoms with Crippen LogP contribution in [-0.2, 0) is 5.41 Å². The lowest BCUT2D eigenvalue weighted by Crippen LogP contribution is -2.34. The van der Waals surface area contributed by atoms with Gasteiger partial charge in [0.05, 0.1) is 0 Å². The second-order valence-corrected chi connectivity index (χ2v) is 5.91.